The Morgan fingerprint density at radius 2 is 0.929 bits per heavy atom. The van der Waals surface area contributed by atoms with Gasteiger partial charge in [-0.2, -0.15) is 0 Å². The van der Waals surface area contributed by atoms with Crippen molar-refractivity contribution in [2.45, 2.75) is 5.41 Å². The summed E-state index contributed by atoms with van der Waals surface area (Å²) in [4.78, 5) is 15.2. The molecule has 4 heteroatoms. The first kappa shape index (κ1) is 31.0. The van der Waals surface area contributed by atoms with Gasteiger partial charge in [0.05, 0.1) is 0 Å². The summed E-state index contributed by atoms with van der Waals surface area (Å²) in [5, 5.41) is 3.47. The highest BCUT2D eigenvalue weighted by Crippen LogP contribution is 2.64. The maximum atomic E-state index is 6.96. The number of rotatable bonds is 4. The van der Waals surface area contributed by atoms with E-state index < -0.39 is 5.41 Å². The maximum Gasteiger partial charge on any atom is 0.164 e. The molecular formula is C52H31N3O. The Balaban J connectivity index is 1.05. The summed E-state index contributed by atoms with van der Waals surface area (Å²) < 4.78 is 6.96. The van der Waals surface area contributed by atoms with Crippen LogP contribution in [0.25, 0.3) is 89.3 Å². The van der Waals surface area contributed by atoms with Gasteiger partial charge in [0.2, 0.25) is 0 Å². The van der Waals surface area contributed by atoms with Crippen molar-refractivity contribution in [1.29, 1.82) is 0 Å². The zero-order valence-corrected chi connectivity index (χ0v) is 30.1. The summed E-state index contributed by atoms with van der Waals surface area (Å²) >= 11 is 0. The fourth-order valence-corrected chi connectivity index (χ4v) is 9.24. The molecule has 2 aliphatic rings. The van der Waals surface area contributed by atoms with E-state index in [-0.39, 0.29) is 0 Å². The Hall–Kier alpha value is -7.43. The van der Waals surface area contributed by atoms with Crippen LogP contribution in [0.15, 0.2) is 192 Å². The Morgan fingerprint density at radius 3 is 1.71 bits per heavy atom. The van der Waals surface area contributed by atoms with Crippen LogP contribution in [-0.4, -0.2) is 15.0 Å². The third-order valence-corrected chi connectivity index (χ3v) is 11.7. The molecule has 10 aromatic rings. The lowest BCUT2D eigenvalue weighted by molar-refractivity contribution is 0.507. The van der Waals surface area contributed by atoms with Gasteiger partial charge in [0.15, 0.2) is 17.5 Å². The largest absolute Gasteiger partial charge is 0.459 e. The number of nitrogens with zero attached hydrogens (tertiary/aromatic N) is 3. The van der Waals surface area contributed by atoms with Gasteiger partial charge in [0.25, 0.3) is 0 Å². The molecule has 0 N–H and O–H groups in total. The smallest absolute Gasteiger partial charge is 0.164 e. The van der Waals surface area contributed by atoms with Crippen LogP contribution in [0.1, 0.15) is 22.5 Å². The summed E-state index contributed by atoms with van der Waals surface area (Å²) in [7, 11) is 0. The van der Waals surface area contributed by atoms with Crippen molar-refractivity contribution in [2.24, 2.45) is 0 Å². The predicted molar refractivity (Wildman–Crippen MR) is 225 cm³/mol. The van der Waals surface area contributed by atoms with Gasteiger partial charge >= 0.3 is 0 Å². The van der Waals surface area contributed by atoms with Gasteiger partial charge in [-0.25, -0.2) is 15.0 Å². The van der Waals surface area contributed by atoms with E-state index in [4.69, 9.17) is 19.4 Å². The van der Waals surface area contributed by atoms with Crippen LogP contribution in [0.3, 0.4) is 0 Å². The van der Waals surface area contributed by atoms with Crippen molar-refractivity contribution >= 4 is 21.7 Å². The van der Waals surface area contributed by atoms with E-state index in [1.165, 1.54) is 44.3 Å². The third-order valence-electron chi connectivity index (χ3n) is 11.7. The van der Waals surface area contributed by atoms with Crippen molar-refractivity contribution < 1.29 is 4.42 Å². The first-order valence-electron chi connectivity index (χ1n) is 19.0. The van der Waals surface area contributed by atoms with Gasteiger partial charge in [-0.1, -0.05) is 164 Å². The van der Waals surface area contributed by atoms with Gasteiger partial charge in [-0.05, 0) is 79.5 Å². The molecule has 0 radical (unpaired) electrons. The average Bonchev–Trinajstić information content (AvgIpc) is 3.90. The number of aromatic nitrogens is 3. The first-order chi connectivity index (χ1) is 27.7. The first-order valence-corrected chi connectivity index (χ1v) is 19.0. The Labute approximate surface area is 323 Å². The Kier molecular flexibility index (Phi) is 6.52. The van der Waals surface area contributed by atoms with Crippen LogP contribution >= 0.6 is 0 Å². The van der Waals surface area contributed by atoms with E-state index in [1.807, 2.05) is 30.3 Å². The Morgan fingerprint density at radius 1 is 0.357 bits per heavy atom. The van der Waals surface area contributed by atoms with Crippen molar-refractivity contribution in [3.63, 3.8) is 0 Å². The van der Waals surface area contributed by atoms with Gasteiger partial charge in [0, 0.05) is 27.6 Å². The molecule has 56 heavy (non-hydrogen) atoms. The van der Waals surface area contributed by atoms with E-state index >= 15 is 0 Å². The van der Waals surface area contributed by atoms with E-state index in [0.29, 0.717) is 17.5 Å². The fourth-order valence-electron chi connectivity index (χ4n) is 9.24. The summed E-state index contributed by atoms with van der Waals surface area (Å²) in [5.41, 5.74) is 14.0. The maximum absolute atomic E-state index is 6.96. The van der Waals surface area contributed by atoms with Crippen LogP contribution in [-0.2, 0) is 5.41 Å². The van der Waals surface area contributed by atoms with Crippen molar-refractivity contribution in [2.75, 3.05) is 0 Å². The predicted octanol–water partition coefficient (Wildman–Crippen LogP) is 12.8. The van der Waals surface area contributed by atoms with Gasteiger partial charge in [-0.3, -0.25) is 0 Å². The monoisotopic (exact) mass is 713 g/mol. The zero-order valence-electron chi connectivity index (χ0n) is 30.1. The summed E-state index contributed by atoms with van der Waals surface area (Å²) in [6.07, 6.45) is 0. The van der Waals surface area contributed by atoms with Crippen LogP contribution in [0, 0.1) is 0 Å². The number of benzene rings is 8. The minimum atomic E-state index is -0.585. The summed E-state index contributed by atoms with van der Waals surface area (Å²) in [6.45, 7) is 0. The fraction of sp³-hybridized carbons (Fsp3) is 0.0192. The Bertz CT molecular complexity index is 3170. The van der Waals surface area contributed by atoms with Crippen LogP contribution in [0.4, 0.5) is 0 Å². The molecule has 0 unspecified atom stereocenters. The zero-order chi connectivity index (χ0) is 36.8. The minimum absolute atomic E-state index is 0.585. The van der Waals surface area contributed by atoms with Crippen LogP contribution in [0.2, 0.25) is 0 Å². The normalized spacial score (nSPS) is 13.1. The van der Waals surface area contributed by atoms with E-state index in [2.05, 4.69) is 158 Å². The van der Waals surface area contributed by atoms with Crippen molar-refractivity contribution in [3.05, 3.63) is 211 Å². The molecule has 260 valence electrons. The molecule has 0 saturated heterocycles. The molecule has 0 aliphatic heterocycles. The average molecular weight is 714 g/mol. The van der Waals surface area contributed by atoms with Gasteiger partial charge < -0.3 is 4.42 Å². The summed E-state index contributed by atoms with van der Waals surface area (Å²) in [5.74, 6) is 2.91. The lowest BCUT2D eigenvalue weighted by Crippen LogP contribution is -2.25. The van der Waals surface area contributed by atoms with E-state index in [1.54, 1.807) is 0 Å². The molecular weight excluding hydrogens is 683 g/mol. The van der Waals surface area contributed by atoms with Crippen LogP contribution < -0.4 is 0 Å². The molecule has 12 rings (SSSR count). The molecule has 8 aromatic carbocycles. The highest BCUT2D eigenvalue weighted by Gasteiger charge is 2.55. The molecule has 4 nitrogen and oxygen atoms in total. The molecule has 2 aliphatic carbocycles. The topological polar surface area (TPSA) is 51.8 Å². The highest BCUT2D eigenvalue weighted by molar-refractivity contribution is 6.05. The quantitative estimate of drug-likeness (QED) is 0.182. The molecule has 0 atom stereocenters. The molecule has 2 aromatic heterocycles. The van der Waals surface area contributed by atoms with E-state index in [9.17, 15) is 0 Å². The lowest BCUT2D eigenvalue weighted by atomic mass is 9.72. The molecule has 0 amide bonds. The number of hydrogen-bond acceptors (Lipinski definition) is 4. The number of fused-ring (bicyclic) bond motifs is 13. The highest BCUT2D eigenvalue weighted by atomic mass is 16.3. The molecule has 0 fully saturated rings. The second kappa shape index (κ2) is 11.8. The lowest BCUT2D eigenvalue weighted by Gasteiger charge is -2.28. The minimum Gasteiger partial charge on any atom is -0.459 e. The van der Waals surface area contributed by atoms with Crippen molar-refractivity contribution in [3.8, 4) is 67.5 Å². The summed E-state index contributed by atoms with van der Waals surface area (Å²) in [6, 6.07) is 66.5. The number of furan rings is 1. The van der Waals surface area contributed by atoms with Crippen LogP contribution in [0.5, 0.6) is 0 Å². The second-order valence-electron chi connectivity index (χ2n) is 14.7. The third kappa shape index (κ3) is 4.38. The van der Waals surface area contributed by atoms with E-state index in [0.717, 1.165) is 49.9 Å². The standard InChI is InChI=1S/C52H31N3O/c1-2-14-33(15-3-1)49-53-50(55-51(54-49)38-26-25-32-13-4-5-16-34(32)29-38)37-18-12-17-35(30-37)36-27-28-41-45(31-36)52(48-47(41)42-21-8-11-24-46(42)56-48)43-22-9-6-19-39(43)40-20-7-10-23-44(40)52/h1-31H. The SMILES string of the molecule is c1ccc(-c2nc(-c3cccc(-c4ccc5c(c4)C4(c6ccccc6-c6ccccc64)c4oc6ccccc6c4-5)c3)nc(-c3ccc4ccccc4c3)n2)cc1. The van der Waals surface area contributed by atoms with Gasteiger partial charge in [-0.15, -0.1) is 0 Å². The molecule has 0 bridgehead atoms. The second-order valence-corrected chi connectivity index (χ2v) is 14.7. The molecule has 1 spiro atoms. The molecule has 2 heterocycles. The van der Waals surface area contributed by atoms with Gasteiger partial charge in [0.1, 0.15) is 16.8 Å². The number of para-hydroxylation sites is 1. The molecule has 0 saturated carbocycles. The van der Waals surface area contributed by atoms with Crippen molar-refractivity contribution in [1.82, 2.24) is 15.0 Å². The number of hydrogen-bond donors (Lipinski definition) is 0.